The topological polar surface area (TPSA) is 83.0 Å². The molecule has 0 amide bonds. The van der Waals surface area contributed by atoms with E-state index in [1.807, 2.05) is 24.3 Å². The van der Waals surface area contributed by atoms with E-state index in [1.165, 1.54) is 4.31 Å². The molecule has 1 heterocycles. The highest BCUT2D eigenvalue weighted by Crippen LogP contribution is 2.12. The molecule has 0 aliphatic carbocycles. The molecular weight excluding hydrogens is 443 g/mol. The van der Waals surface area contributed by atoms with Gasteiger partial charge in [-0.05, 0) is 24.1 Å². The van der Waals surface area contributed by atoms with E-state index in [2.05, 4.69) is 15.6 Å². The van der Waals surface area contributed by atoms with Crippen LogP contribution in [0.1, 0.15) is 12.0 Å². The number of guanidine groups is 1. The van der Waals surface area contributed by atoms with Crippen molar-refractivity contribution in [2.75, 3.05) is 39.5 Å². The molecule has 9 heteroatoms. The van der Waals surface area contributed by atoms with Gasteiger partial charge in [-0.15, -0.1) is 24.0 Å². The van der Waals surface area contributed by atoms with Gasteiger partial charge in [-0.1, -0.05) is 12.1 Å². The summed E-state index contributed by atoms with van der Waals surface area (Å²) in [5.74, 6) is 1.73. The monoisotopic (exact) mass is 468 g/mol. The van der Waals surface area contributed by atoms with Crippen LogP contribution in [0.3, 0.4) is 0 Å². The van der Waals surface area contributed by atoms with Crippen LogP contribution in [0.15, 0.2) is 29.3 Å². The van der Waals surface area contributed by atoms with Crippen LogP contribution in [0, 0.1) is 0 Å². The number of hydrogen-bond donors (Lipinski definition) is 2. The van der Waals surface area contributed by atoms with Gasteiger partial charge in [-0.2, -0.15) is 0 Å². The molecule has 0 unspecified atom stereocenters. The minimum Gasteiger partial charge on any atom is -0.497 e. The average Bonchev–Trinajstić information content (AvgIpc) is 2.89. The lowest BCUT2D eigenvalue weighted by atomic mass is 10.2. The molecule has 1 aromatic rings. The van der Waals surface area contributed by atoms with E-state index in [-0.39, 0.29) is 29.7 Å². The second kappa shape index (κ2) is 10.0. The van der Waals surface area contributed by atoms with Crippen molar-refractivity contribution in [3.8, 4) is 5.75 Å². The van der Waals surface area contributed by atoms with Crippen molar-refractivity contribution in [3.63, 3.8) is 0 Å². The molecule has 24 heavy (non-hydrogen) atoms. The highest BCUT2D eigenvalue weighted by atomic mass is 127. The second-order valence-electron chi connectivity index (χ2n) is 5.27. The van der Waals surface area contributed by atoms with Crippen molar-refractivity contribution in [3.05, 3.63) is 29.8 Å². The minimum atomic E-state index is -3.03. The molecule has 2 N–H and O–H groups in total. The molecule has 7 nitrogen and oxygen atoms in total. The Labute approximate surface area is 160 Å². The molecule has 1 aromatic carbocycles. The largest absolute Gasteiger partial charge is 0.497 e. The van der Waals surface area contributed by atoms with Gasteiger partial charge in [-0.3, -0.25) is 4.99 Å². The molecule has 136 valence electrons. The van der Waals surface area contributed by atoms with E-state index in [1.54, 1.807) is 14.2 Å². The minimum absolute atomic E-state index is 0. The van der Waals surface area contributed by atoms with Gasteiger partial charge >= 0.3 is 0 Å². The zero-order valence-corrected chi connectivity index (χ0v) is 17.1. The van der Waals surface area contributed by atoms with Gasteiger partial charge < -0.3 is 15.4 Å². The Morgan fingerprint density at radius 1 is 1.29 bits per heavy atom. The third-order valence-corrected chi connectivity index (χ3v) is 5.66. The van der Waals surface area contributed by atoms with E-state index in [9.17, 15) is 8.42 Å². The normalized spacial score (nSPS) is 17.2. The molecule has 1 fully saturated rings. The molecule has 0 aromatic heterocycles. The van der Waals surface area contributed by atoms with Crippen molar-refractivity contribution >= 4 is 40.0 Å². The Bertz CT molecular complexity index is 635. The summed E-state index contributed by atoms with van der Waals surface area (Å²) in [4.78, 5) is 4.14. The number of nitrogens with one attached hydrogen (secondary N) is 2. The summed E-state index contributed by atoms with van der Waals surface area (Å²) in [6.07, 6.45) is 0.715. The molecule has 1 saturated heterocycles. The fourth-order valence-electron chi connectivity index (χ4n) is 2.39. The summed E-state index contributed by atoms with van der Waals surface area (Å²) >= 11 is 0. The Kier molecular flexibility index (Phi) is 8.78. The predicted octanol–water partition coefficient (Wildman–Crippen LogP) is 1.01. The van der Waals surface area contributed by atoms with Crippen LogP contribution < -0.4 is 15.4 Å². The number of benzene rings is 1. The van der Waals surface area contributed by atoms with E-state index >= 15 is 0 Å². The van der Waals surface area contributed by atoms with Crippen molar-refractivity contribution in [1.82, 2.24) is 14.9 Å². The van der Waals surface area contributed by atoms with Gasteiger partial charge in [0.2, 0.25) is 10.0 Å². The maximum absolute atomic E-state index is 11.7. The SMILES string of the molecule is CN=C(NCCN1CCCS1(=O)=O)NCc1ccc(OC)cc1.I. The highest BCUT2D eigenvalue weighted by Gasteiger charge is 2.27. The summed E-state index contributed by atoms with van der Waals surface area (Å²) in [6, 6.07) is 7.78. The van der Waals surface area contributed by atoms with Crippen molar-refractivity contribution < 1.29 is 13.2 Å². The fourth-order valence-corrected chi connectivity index (χ4v) is 3.92. The summed E-state index contributed by atoms with van der Waals surface area (Å²) in [5.41, 5.74) is 1.11. The van der Waals surface area contributed by atoms with Crippen LogP contribution in [-0.4, -0.2) is 58.2 Å². The lowest BCUT2D eigenvalue weighted by Gasteiger charge is -2.16. The number of ether oxygens (including phenoxy) is 1. The maximum atomic E-state index is 11.7. The lowest BCUT2D eigenvalue weighted by Crippen LogP contribution is -2.41. The molecule has 0 spiro atoms. The van der Waals surface area contributed by atoms with Crippen LogP contribution in [0.2, 0.25) is 0 Å². The summed E-state index contributed by atoms with van der Waals surface area (Å²) < 4.78 is 30.1. The molecule has 1 aliphatic heterocycles. The molecule has 0 atom stereocenters. The zero-order valence-electron chi connectivity index (χ0n) is 14.0. The number of aliphatic imine (C=N–C) groups is 1. The zero-order chi connectivity index (χ0) is 16.7. The van der Waals surface area contributed by atoms with Crippen LogP contribution in [0.5, 0.6) is 5.75 Å². The molecule has 0 radical (unpaired) electrons. The number of hydrogen-bond acceptors (Lipinski definition) is 4. The standard InChI is InChI=1S/C15H24N4O3S.HI/c1-16-15(17-8-10-19-9-3-11-23(19,20)21)18-12-13-4-6-14(22-2)7-5-13;/h4-7H,3,8-12H2,1-2H3,(H2,16,17,18);1H. The second-order valence-corrected chi connectivity index (χ2v) is 7.36. The first kappa shape index (κ1) is 21.0. The van der Waals surface area contributed by atoms with Crippen LogP contribution in [0.25, 0.3) is 0 Å². The van der Waals surface area contributed by atoms with Crippen LogP contribution >= 0.6 is 24.0 Å². The molecule has 1 aliphatic rings. The van der Waals surface area contributed by atoms with Gasteiger partial charge in [0, 0.05) is 33.2 Å². The Morgan fingerprint density at radius 3 is 2.54 bits per heavy atom. The Balaban J connectivity index is 0.00000288. The van der Waals surface area contributed by atoms with Gasteiger partial charge in [0.15, 0.2) is 5.96 Å². The van der Waals surface area contributed by atoms with Crippen LogP contribution in [-0.2, 0) is 16.6 Å². The van der Waals surface area contributed by atoms with E-state index < -0.39 is 10.0 Å². The maximum Gasteiger partial charge on any atom is 0.214 e. The fraction of sp³-hybridized carbons (Fsp3) is 0.533. The quantitative estimate of drug-likeness (QED) is 0.370. The van der Waals surface area contributed by atoms with Crippen molar-refractivity contribution in [1.29, 1.82) is 0 Å². The first-order valence-corrected chi connectivity index (χ1v) is 9.21. The van der Waals surface area contributed by atoms with Crippen LogP contribution in [0.4, 0.5) is 0 Å². The average molecular weight is 468 g/mol. The Hall–Kier alpha value is -1.07. The van der Waals surface area contributed by atoms with E-state index in [4.69, 9.17) is 4.74 Å². The smallest absolute Gasteiger partial charge is 0.214 e. The predicted molar refractivity (Wildman–Crippen MR) is 107 cm³/mol. The van der Waals surface area contributed by atoms with Gasteiger partial charge in [0.05, 0.1) is 12.9 Å². The molecule has 0 bridgehead atoms. The van der Waals surface area contributed by atoms with Gasteiger partial charge in [0.25, 0.3) is 0 Å². The number of halogens is 1. The van der Waals surface area contributed by atoms with Gasteiger partial charge in [-0.25, -0.2) is 12.7 Å². The third kappa shape index (κ3) is 6.10. The number of nitrogens with zero attached hydrogens (tertiary/aromatic N) is 2. The Morgan fingerprint density at radius 2 is 2.00 bits per heavy atom. The number of methoxy groups -OCH3 is 1. The number of sulfonamides is 1. The molecular formula is C15H25IN4O3S. The summed E-state index contributed by atoms with van der Waals surface area (Å²) in [5, 5.41) is 6.33. The molecule has 2 rings (SSSR count). The lowest BCUT2D eigenvalue weighted by molar-refractivity contribution is 0.414. The van der Waals surface area contributed by atoms with Gasteiger partial charge in [0.1, 0.15) is 5.75 Å². The first-order valence-electron chi connectivity index (χ1n) is 7.60. The summed E-state index contributed by atoms with van der Waals surface area (Å²) in [7, 11) is 0.296. The van der Waals surface area contributed by atoms with E-state index in [0.717, 1.165) is 11.3 Å². The highest BCUT2D eigenvalue weighted by molar-refractivity contribution is 14.0. The first-order chi connectivity index (χ1) is 11.0. The van der Waals surface area contributed by atoms with Crippen molar-refractivity contribution in [2.45, 2.75) is 13.0 Å². The summed E-state index contributed by atoms with van der Waals surface area (Å²) in [6.45, 7) is 2.24. The van der Waals surface area contributed by atoms with Crippen molar-refractivity contribution in [2.24, 2.45) is 4.99 Å². The van der Waals surface area contributed by atoms with E-state index in [0.29, 0.717) is 38.6 Å². The molecule has 0 saturated carbocycles. The third-order valence-electron chi connectivity index (χ3n) is 3.70. The number of rotatable bonds is 6.